The Labute approximate surface area is 117 Å². The van der Waals surface area contributed by atoms with E-state index in [1.165, 1.54) is 0 Å². The van der Waals surface area contributed by atoms with E-state index < -0.39 is 11.3 Å². The number of carbonyl (C=O) groups is 1. The first-order valence-corrected chi connectivity index (χ1v) is 6.48. The van der Waals surface area contributed by atoms with Crippen molar-refractivity contribution in [2.24, 2.45) is 0 Å². The van der Waals surface area contributed by atoms with E-state index in [0.717, 1.165) is 16.7 Å². The van der Waals surface area contributed by atoms with Gasteiger partial charge in [0.25, 0.3) is 5.24 Å². The maximum absolute atomic E-state index is 11.3. The number of carbonyl (C=O) groups excluding carboxylic acids is 1. The second-order valence-corrected chi connectivity index (χ2v) is 4.90. The van der Waals surface area contributed by atoms with Crippen LogP contribution < -0.4 is 0 Å². The fourth-order valence-electron chi connectivity index (χ4n) is 2.00. The first-order valence-electron chi connectivity index (χ1n) is 6.10. The SMILES string of the molecule is Cc1ccc(C(O)Cc2ccccc2C(=O)Cl)cc1. The third kappa shape index (κ3) is 3.43. The van der Waals surface area contributed by atoms with Crippen LogP contribution in [0.15, 0.2) is 48.5 Å². The molecule has 19 heavy (non-hydrogen) atoms. The van der Waals surface area contributed by atoms with Crippen LogP contribution >= 0.6 is 11.6 Å². The molecule has 0 saturated heterocycles. The van der Waals surface area contributed by atoms with E-state index in [-0.39, 0.29) is 0 Å². The molecule has 2 aromatic rings. The molecule has 3 heteroatoms. The van der Waals surface area contributed by atoms with Gasteiger partial charge in [-0.2, -0.15) is 0 Å². The summed E-state index contributed by atoms with van der Waals surface area (Å²) in [4.78, 5) is 11.3. The van der Waals surface area contributed by atoms with E-state index >= 15 is 0 Å². The molecule has 0 aliphatic rings. The summed E-state index contributed by atoms with van der Waals surface area (Å²) in [6, 6.07) is 14.8. The zero-order valence-corrected chi connectivity index (χ0v) is 11.4. The summed E-state index contributed by atoms with van der Waals surface area (Å²) in [5.41, 5.74) is 3.20. The molecule has 0 heterocycles. The van der Waals surface area contributed by atoms with Gasteiger partial charge in [0.15, 0.2) is 0 Å². The monoisotopic (exact) mass is 274 g/mol. The van der Waals surface area contributed by atoms with Gasteiger partial charge in [0.05, 0.1) is 6.10 Å². The van der Waals surface area contributed by atoms with Crippen molar-refractivity contribution < 1.29 is 9.90 Å². The second-order valence-electron chi connectivity index (χ2n) is 4.56. The van der Waals surface area contributed by atoms with Crippen LogP contribution in [-0.4, -0.2) is 10.3 Å². The van der Waals surface area contributed by atoms with Gasteiger partial charge < -0.3 is 5.11 Å². The highest BCUT2D eigenvalue weighted by Crippen LogP contribution is 2.21. The molecule has 1 unspecified atom stereocenters. The molecular formula is C16H15ClO2. The Bertz CT molecular complexity index is 576. The molecule has 0 amide bonds. The van der Waals surface area contributed by atoms with Gasteiger partial charge in [-0.25, -0.2) is 0 Å². The molecule has 2 nitrogen and oxygen atoms in total. The van der Waals surface area contributed by atoms with Crippen molar-refractivity contribution in [3.8, 4) is 0 Å². The van der Waals surface area contributed by atoms with Crippen molar-refractivity contribution in [3.63, 3.8) is 0 Å². The van der Waals surface area contributed by atoms with Crippen molar-refractivity contribution in [2.75, 3.05) is 0 Å². The topological polar surface area (TPSA) is 37.3 Å². The van der Waals surface area contributed by atoms with E-state index in [2.05, 4.69) is 0 Å². The van der Waals surface area contributed by atoms with Crippen LogP contribution in [0.25, 0.3) is 0 Å². The van der Waals surface area contributed by atoms with Crippen LogP contribution in [0.5, 0.6) is 0 Å². The minimum atomic E-state index is -0.641. The Kier molecular flexibility index (Phi) is 4.35. The lowest BCUT2D eigenvalue weighted by molar-refractivity contribution is 0.107. The smallest absolute Gasteiger partial charge is 0.252 e. The van der Waals surface area contributed by atoms with Crippen LogP contribution in [-0.2, 0) is 6.42 Å². The van der Waals surface area contributed by atoms with Gasteiger partial charge in [-0.15, -0.1) is 0 Å². The molecule has 2 aromatic carbocycles. The molecule has 0 bridgehead atoms. The number of rotatable bonds is 4. The van der Waals surface area contributed by atoms with Crippen molar-refractivity contribution in [1.82, 2.24) is 0 Å². The summed E-state index contributed by atoms with van der Waals surface area (Å²) in [5.74, 6) is 0. The Hall–Kier alpha value is -1.64. The van der Waals surface area contributed by atoms with E-state index in [0.29, 0.717) is 12.0 Å². The number of hydrogen-bond donors (Lipinski definition) is 1. The fraction of sp³-hybridized carbons (Fsp3) is 0.188. The zero-order valence-electron chi connectivity index (χ0n) is 10.6. The Morgan fingerprint density at radius 3 is 2.42 bits per heavy atom. The predicted octanol–water partition coefficient (Wildman–Crippen LogP) is 3.65. The molecule has 0 radical (unpaired) electrons. The minimum absolute atomic E-state index is 0.373. The van der Waals surface area contributed by atoms with Gasteiger partial charge in [-0.3, -0.25) is 4.79 Å². The van der Waals surface area contributed by atoms with Crippen molar-refractivity contribution in [1.29, 1.82) is 0 Å². The van der Waals surface area contributed by atoms with Crippen LogP contribution in [0.3, 0.4) is 0 Å². The molecule has 98 valence electrons. The minimum Gasteiger partial charge on any atom is -0.388 e. The maximum Gasteiger partial charge on any atom is 0.252 e. The zero-order chi connectivity index (χ0) is 13.8. The number of aliphatic hydroxyl groups is 1. The average Bonchev–Trinajstić information content (AvgIpc) is 2.39. The summed E-state index contributed by atoms with van der Waals surface area (Å²) in [7, 11) is 0. The third-order valence-corrected chi connectivity index (χ3v) is 3.31. The lowest BCUT2D eigenvalue weighted by Crippen LogP contribution is -2.05. The van der Waals surface area contributed by atoms with Gasteiger partial charge in [0.2, 0.25) is 0 Å². The van der Waals surface area contributed by atoms with E-state index in [1.54, 1.807) is 12.1 Å². The number of benzene rings is 2. The van der Waals surface area contributed by atoms with Crippen molar-refractivity contribution in [3.05, 3.63) is 70.8 Å². The van der Waals surface area contributed by atoms with Gasteiger partial charge >= 0.3 is 0 Å². The van der Waals surface area contributed by atoms with Gasteiger partial charge in [-0.1, -0.05) is 48.0 Å². The molecule has 0 aliphatic carbocycles. The molecule has 2 rings (SSSR count). The van der Waals surface area contributed by atoms with Gasteiger partial charge in [0, 0.05) is 12.0 Å². The Morgan fingerprint density at radius 2 is 1.79 bits per heavy atom. The fourth-order valence-corrected chi connectivity index (χ4v) is 2.19. The molecule has 1 atom stereocenters. The molecule has 0 saturated carbocycles. The first kappa shape index (κ1) is 13.8. The molecule has 0 aromatic heterocycles. The number of hydrogen-bond acceptors (Lipinski definition) is 2. The quantitative estimate of drug-likeness (QED) is 0.864. The summed E-state index contributed by atoms with van der Waals surface area (Å²) in [5, 5.41) is 9.72. The van der Waals surface area contributed by atoms with Crippen LogP contribution in [0.2, 0.25) is 0 Å². The third-order valence-electron chi connectivity index (χ3n) is 3.10. The lowest BCUT2D eigenvalue weighted by Gasteiger charge is -2.13. The number of aliphatic hydroxyl groups excluding tert-OH is 1. The highest BCUT2D eigenvalue weighted by atomic mass is 35.5. The first-order chi connectivity index (χ1) is 9.08. The predicted molar refractivity (Wildman–Crippen MR) is 76.5 cm³/mol. The molecule has 1 N–H and O–H groups in total. The molecule has 0 fully saturated rings. The van der Waals surface area contributed by atoms with Gasteiger partial charge in [-0.05, 0) is 35.7 Å². The standard InChI is InChI=1S/C16H15ClO2/c1-11-6-8-12(9-7-11)15(18)10-13-4-2-3-5-14(13)16(17)19/h2-9,15,18H,10H2,1H3. The average molecular weight is 275 g/mol. The summed E-state index contributed by atoms with van der Waals surface area (Å²) >= 11 is 5.54. The normalized spacial score (nSPS) is 12.2. The second kappa shape index (κ2) is 6.00. The van der Waals surface area contributed by atoms with Crippen LogP contribution in [0, 0.1) is 6.92 Å². The lowest BCUT2D eigenvalue weighted by atomic mass is 9.97. The summed E-state index contributed by atoms with van der Waals surface area (Å²) in [6.45, 7) is 2.00. The Morgan fingerprint density at radius 1 is 1.16 bits per heavy atom. The highest BCUT2D eigenvalue weighted by molar-refractivity contribution is 6.67. The number of aryl methyl sites for hydroxylation is 1. The van der Waals surface area contributed by atoms with Crippen molar-refractivity contribution >= 4 is 16.8 Å². The number of halogens is 1. The largest absolute Gasteiger partial charge is 0.388 e. The summed E-state index contributed by atoms with van der Waals surface area (Å²) in [6.07, 6.45) is -0.268. The highest BCUT2D eigenvalue weighted by Gasteiger charge is 2.13. The van der Waals surface area contributed by atoms with Crippen LogP contribution in [0.1, 0.15) is 33.2 Å². The van der Waals surface area contributed by atoms with E-state index in [1.807, 2.05) is 43.3 Å². The molecular weight excluding hydrogens is 260 g/mol. The molecule has 0 spiro atoms. The van der Waals surface area contributed by atoms with Crippen molar-refractivity contribution in [2.45, 2.75) is 19.4 Å². The van der Waals surface area contributed by atoms with Gasteiger partial charge in [0.1, 0.15) is 0 Å². The van der Waals surface area contributed by atoms with E-state index in [4.69, 9.17) is 11.6 Å². The van der Waals surface area contributed by atoms with Crippen LogP contribution in [0.4, 0.5) is 0 Å². The molecule has 0 aliphatic heterocycles. The maximum atomic E-state index is 11.3. The van der Waals surface area contributed by atoms with E-state index in [9.17, 15) is 9.90 Å². The summed E-state index contributed by atoms with van der Waals surface area (Å²) < 4.78 is 0. The Balaban J connectivity index is 2.21.